The van der Waals surface area contributed by atoms with E-state index in [-0.39, 0.29) is 24.0 Å². The summed E-state index contributed by atoms with van der Waals surface area (Å²) in [6, 6.07) is 0. The first kappa shape index (κ1) is 20.5. The number of aryl methyl sites for hydroxylation is 3. The van der Waals surface area contributed by atoms with Crippen LogP contribution >= 0.6 is 24.0 Å². The quantitative estimate of drug-likeness (QED) is 0.405. The molecule has 0 aliphatic rings. The molecule has 2 aromatic heterocycles. The number of hydrogen-bond acceptors (Lipinski definition) is 3. The summed E-state index contributed by atoms with van der Waals surface area (Å²) in [7, 11) is 1.96. The van der Waals surface area contributed by atoms with Gasteiger partial charge < -0.3 is 10.6 Å². The maximum Gasteiger partial charge on any atom is 0.191 e. The van der Waals surface area contributed by atoms with E-state index in [1.54, 1.807) is 0 Å². The summed E-state index contributed by atoms with van der Waals surface area (Å²) >= 11 is 0. The van der Waals surface area contributed by atoms with Crippen LogP contribution in [0, 0.1) is 20.8 Å². The number of nitrogens with zero attached hydrogens (tertiary/aromatic N) is 5. The van der Waals surface area contributed by atoms with Crippen LogP contribution < -0.4 is 10.6 Å². The van der Waals surface area contributed by atoms with Crippen LogP contribution in [0.4, 0.5) is 0 Å². The molecule has 0 aliphatic heterocycles. The third-order valence-electron chi connectivity index (χ3n) is 3.79. The van der Waals surface area contributed by atoms with Gasteiger partial charge in [-0.3, -0.25) is 9.36 Å². The molecule has 0 radical (unpaired) electrons. The molecule has 2 heterocycles. The molecule has 0 saturated carbocycles. The van der Waals surface area contributed by atoms with E-state index in [4.69, 9.17) is 0 Å². The fraction of sp³-hybridized carbons (Fsp3) is 0.562. The van der Waals surface area contributed by atoms with Crippen LogP contribution in [-0.4, -0.2) is 38.6 Å². The number of nitrogens with one attached hydrogen (secondary N) is 2. The zero-order valence-corrected chi connectivity index (χ0v) is 17.5. The first-order valence-corrected chi connectivity index (χ1v) is 8.01. The molecule has 0 spiro atoms. The van der Waals surface area contributed by atoms with Crippen molar-refractivity contribution in [1.82, 2.24) is 30.2 Å². The summed E-state index contributed by atoms with van der Waals surface area (Å²) in [5.74, 6) is 0.819. The van der Waals surface area contributed by atoms with Crippen LogP contribution in [0.3, 0.4) is 0 Å². The van der Waals surface area contributed by atoms with Crippen LogP contribution in [0.15, 0.2) is 17.4 Å². The lowest BCUT2D eigenvalue weighted by molar-refractivity contribution is 0.597. The molecular weight excluding hydrogens is 417 g/mol. The van der Waals surface area contributed by atoms with E-state index in [2.05, 4.69) is 39.7 Å². The Balaban J connectivity index is 0.00000288. The van der Waals surface area contributed by atoms with Crippen molar-refractivity contribution in [2.24, 2.45) is 12.0 Å². The monoisotopic (exact) mass is 445 g/mol. The van der Waals surface area contributed by atoms with E-state index in [1.807, 2.05) is 42.7 Å². The Morgan fingerprint density at radius 3 is 2.54 bits per heavy atom. The molecule has 0 bridgehead atoms. The van der Waals surface area contributed by atoms with Crippen molar-refractivity contribution in [3.05, 3.63) is 34.9 Å². The van der Waals surface area contributed by atoms with Crippen LogP contribution in [0.5, 0.6) is 0 Å². The fourth-order valence-electron chi connectivity index (χ4n) is 2.42. The number of hydrogen-bond donors (Lipinski definition) is 2. The molecule has 0 fully saturated rings. The van der Waals surface area contributed by atoms with Crippen molar-refractivity contribution in [2.45, 2.75) is 40.8 Å². The average molecular weight is 445 g/mol. The van der Waals surface area contributed by atoms with Gasteiger partial charge in [-0.2, -0.15) is 10.2 Å². The Kier molecular flexibility index (Phi) is 8.23. The second-order valence-electron chi connectivity index (χ2n) is 5.68. The smallest absolute Gasteiger partial charge is 0.191 e. The molecule has 7 nitrogen and oxygen atoms in total. The second-order valence-corrected chi connectivity index (χ2v) is 5.68. The molecule has 134 valence electrons. The Labute approximate surface area is 160 Å². The number of halogens is 1. The Bertz CT molecular complexity index is 672. The van der Waals surface area contributed by atoms with E-state index in [0.29, 0.717) is 6.54 Å². The minimum Gasteiger partial charge on any atom is -0.357 e. The van der Waals surface area contributed by atoms with Gasteiger partial charge in [0.1, 0.15) is 0 Å². The van der Waals surface area contributed by atoms with E-state index in [9.17, 15) is 0 Å². The Hall–Kier alpha value is -1.58. The van der Waals surface area contributed by atoms with Crippen molar-refractivity contribution in [3.8, 4) is 0 Å². The summed E-state index contributed by atoms with van der Waals surface area (Å²) in [5, 5.41) is 15.3. The number of guanidine groups is 1. The molecule has 0 aliphatic carbocycles. The van der Waals surface area contributed by atoms with Crippen LogP contribution in [-0.2, 0) is 20.1 Å². The largest absolute Gasteiger partial charge is 0.357 e. The first-order chi connectivity index (χ1) is 11.0. The van der Waals surface area contributed by atoms with Crippen molar-refractivity contribution < 1.29 is 0 Å². The summed E-state index contributed by atoms with van der Waals surface area (Å²) in [6.07, 6.45) is 3.90. The van der Waals surface area contributed by atoms with Crippen LogP contribution in [0.25, 0.3) is 0 Å². The van der Waals surface area contributed by atoms with E-state index < -0.39 is 0 Å². The molecule has 0 amide bonds. The molecule has 8 heteroatoms. The third-order valence-corrected chi connectivity index (χ3v) is 3.79. The van der Waals surface area contributed by atoms with Crippen molar-refractivity contribution in [3.63, 3.8) is 0 Å². The molecule has 2 N–H and O–H groups in total. The predicted molar refractivity (Wildman–Crippen MR) is 108 cm³/mol. The highest BCUT2D eigenvalue weighted by Gasteiger charge is 2.08. The molecule has 24 heavy (non-hydrogen) atoms. The van der Waals surface area contributed by atoms with Gasteiger partial charge >= 0.3 is 0 Å². The lowest BCUT2D eigenvalue weighted by atomic mass is 10.2. The predicted octanol–water partition coefficient (Wildman–Crippen LogP) is 1.92. The van der Waals surface area contributed by atoms with Crippen LogP contribution in [0.2, 0.25) is 0 Å². The number of aromatic nitrogens is 4. The van der Waals surface area contributed by atoms with Gasteiger partial charge in [-0.15, -0.1) is 24.0 Å². The second kappa shape index (κ2) is 9.65. The highest BCUT2D eigenvalue weighted by molar-refractivity contribution is 14.0. The summed E-state index contributed by atoms with van der Waals surface area (Å²) < 4.78 is 3.84. The van der Waals surface area contributed by atoms with Gasteiger partial charge in [-0.1, -0.05) is 0 Å². The standard InChI is InChI=1S/C16H27N7.HI/c1-6-17-16(18-7-8-23-11-12(2)9-20-23)19-10-15-13(3)21-22(5)14(15)4;/h9,11H,6-8,10H2,1-5H3,(H2,17,18,19);1H. The highest BCUT2D eigenvalue weighted by atomic mass is 127. The highest BCUT2D eigenvalue weighted by Crippen LogP contribution is 2.12. The Morgan fingerprint density at radius 2 is 2.00 bits per heavy atom. The molecule has 0 unspecified atom stereocenters. The van der Waals surface area contributed by atoms with E-state index in [0.717, 1.165) is 37.0 Å². The molecular formula is C16H28IN7. The van der Waals surface area contributed by atoms with Gasteiger partial charge in [-0.25, -0.2) is 4.99 Å². The Morgan fingerprint density at radius 1 is 1.25 bits per heavy atom. The average Bonchev–Trinajstić information content (AvgIpc) is 3.01. The van der Waals surface area contributed by atoms with Gasteiger partial charge in [0.2, 0.25) is 0 Å². The first-order valence-electron chi connectivity index (χ1n) is 8.01. The molecule has 2 rings (SSSR count). The van der Waals surface area contributed by atoms with Gasteiger partial charge in [-0.05, 0) is 33.3 Å². The molecule has 2 aromatic rings. The topological polar surface area (TPSA) is 72.1 Å². The summed E-state index contributed by atoms with van der Waals surface area (Å²) in [4.78, 5) is 4.67. The summed E-state index contributed by atoms with van der Waals surface area (Å²) in [5.41, 5.74) is 4.56. The molecule has 0 aromatic carbocycles. The van der Waals surface area contributed by atoms with Gasteiger partial charge in [0.25, 0.3) is 0 Å². The minimum absolute atomic E-state index is 0. The maximum atomic E-state index is 4.67. The number of rotatable bonds is 6. The van der Waals surface area contributed by atoms with Crippen molar-refractivity contribution in [1.29, 1.82) is 0 Å². The fourth-order valence-corrected chi connectivity index (χ4v) is 2.42. The van der Waals surface area contributed by atoms with E-state index >= 15 is 0 Å². The minimum atomic E-state index is 0. The zero-order valence-electron chi connectivity index (χ0n) is 15.1. The number of aliphatic imine (C=N–C) groups is 1. The summed E-state index contributed by atoms with van der Waals surface area (Å²) in [6.45, 7) is 11.2. The maximum absolute atomic E-state index is 4.67. The molecule has 0 saturated heterocycles. The normalized spacial score (nSPS) is 11.3. The van der Waals surface area contributed by atoms with E-state index in [1.165, 1.54) is 11.1 Å². The van der Waals surface area contributed by atoms with Crippen LogP contribution in [0.1, 0.15) is 29.4 Å². The zero-order chi connectivity index (χ0) is 16.8. The third kappa shape index (κ3) is 5.50. The SMILES string of the molecule is CCNC(=NCc1c(C)nn(C)c1C)NCCn1cc(C)cn1.I. The lowest BCUT2D eigenvalue weighted by Gasteiger charge is -2.11. The van der Waals surface area contributed by atoms with Gasteiger partial charge in [0.05, 0.1) is 25.0 Å². The van der Waals surface area contributed by atoms with Gasteiger partial charge in [0, 0.05) is 37.6 Å². The van der Waals surface area contributed by atoms with Crippen molar-refractivity contribution in [2.75, 3.05) is 13.1 Å². The van der Waals surface area contributed by atoms with Gasteiger partial charge in [0.15, 0.2) is 5.96 Å². The molecule has 0 atom stereocenters. The lowest BCUT2D eigenvalue weighted by Crippen LogP contribution is -2.38. The van der Waals surface area contributed by atoms with Crippen molar-refractivity contribution >= 4 is 29.9 Å².